The van der Waals surface area contributed by atoms with E-state index < -0.39 is 5.97 Å². The van der Waals surface area contributed by atoms with Crippen molar-refractivity contribution in [1.29, 1.82) is 5.26 Å². The van der Waals surface area contributed by atoms with Crippen molar-refractivity contribution in [3.8, 4) is 17.6 Å². The summed E-state index contributed by atoms with van der Waals surface area (Å²) in [7, 11) is 0. The van der Waals surface area contributed by atoms with Gasteiger partial charge < -0.3 is 19.4 Å². The van der Waals surface area contributed by atoms with Gasteiger partial charge in [-0.3, -0.25) is 0 Å². The summed E-state index contributed by atoms with van der Waals surface area (Å²) in [5.74, 6) is -0.304. The molecule has 0 bridgehead atoms. The number of aromatic carboxylic acids is 1. The van der Waals surface area contributed by atoms with E-state index in [1.165, 1.54) is 12.1 Å². The van der Waals surface area contributed by atoms with E-state index >= 15 is 0 Å². The molecule has 0 spiro atoms. The highest BCUT2D eigenvalue weighted by molar-refractivity contribution is 6.32. The second kappa shape index (κ2) is 8.93. The van der Waals surface area contributed by atoms with E-state index in [9.17, 15) is 15.2 Å². The lowest BCUT2D eigenvalue weighted by molar-refractivity contribution is -0.255. The average Bonchev–Trinajstić information content (AvgIpc) is 2.63. The molecule has 0 heterocycles. The molecule has 0 atom stereocenters. The van der Waals surface area contributed by atoms with Crippen molar-refractivity contribution < 1.29 is 19.4 Å². The van der Waals surface area contributed by atoms with E-state index in [4.69, 9.17) is 21.1 Å². The van der Waals surface area contributed by atoms with Gasteiger partial charge in [0.05, 0.1) is 35.8 Å². The normalized spacial score (nSPS) is 10.9. The van der Waals surface area contributed by atoms with Crippen molar-refractivity contribution in [3.05, 3.63) is 58.1 Å². The number of carboxylic acid groups (broad SMARTS) is 1. The van der Waals surface area contributed by atoms with Crippen LogP contribution in [0.15, 0.2) is 36.4 Å². The van der Waals surface area contributed by atoms with Crippen molar-refractivity contribution in [2.75, 3.05) is 13.2 Å². The maximum absolute atomic E-state index is 10.8. The Bertz CT molecular complexity index is 867. The molecule has 0 aliphatic heterocycles. The monoisotopic (exact) mass is 370 g/mol. The summed E-state index contributed by atoms with van der Waals surface area (Å²) in [5.41, 5.74) is 1.66. The quantitative estimate of drug-likeness (QED) is 0.549. The van der Waals surface area contributed by atoms with Crippen LogP contribution in [0.1, 0.15) is 35.3 Å². The summed E-state index contributed by atoms with van der Waals surface area (Å²) in [6.45, 7) is 4.60. The van der Waals surface area contributed by atoms with Gasteiger partial charge in [0, 0.05) is 0 Å². The van der Waals surface area contributed by atoms with E-state index in [1.54, 1.807) is 30.3 Å². The van der Waals surface area contributed by atoms with Crippen LogP contribution < -0.4 is 14.6 Å². The third-order valence-electron chi connectivity index (χ3n) is 3.48. The molecule has 0 aromatic heterocycles. The van der Waals surface area contributed by atoms with E-state index in [0.29, 0.717) is 46.4 Å². The fraction of sp³-hybridized carbons (Fsp3) is 0.200. The van der Waals surface area contributed by atoms with Gasteiger partial charge in [-0.1, -0.05) is 35.9 Å². The molecular weight excluding hydrogens is 354 g/mol. The Morgan fingerprint density at radius 2 is 1.77 bits per heavy atom. The maximum Gasteiger partial charge on any atom is 0.179 e. The Morgan fingerprint density at radius 1 is 1.15 bits per heavy atom. The smallest absolute Gasteiger partial charge is 0.179 e. The average molecular weight is 371 g/mol. The second-order valence-electron chi connectivity index (χ2n) is 5.23. The van der Waals surface area contributed by atoms with Crippen LogP contribution >= 0.6 is 11.6 Å². The zero-order valence-electron chi connectivity index (χ0n) is 14.4. The standard InChI is InChI=1S/C20H18ClNO4/c1-3-25-18-11-13(10-17(21)19(18)26-4-2)9-16(12-22)14-5-7-15(8-6-14)20(23)24/h5-11H,3-4H2,1-2H3,(H,23,24)/p-1/b16-9+. The fourth-order valence-electron chi connectivity index (χ4n) is 2.35. The predicted molar refractivity (Wildman–Crippen MR) is 98.0 cm³/mol. The molecule has 2 aromatic carbocycles. The number of carbonyl (C=O) groups is 1. The molecule has 0 unspecified atom stereocenters. The van der Waals surface area contributed by atoms with Gasteiger partial charge in [0.2, 0.25) is 0 Å². The summed E-state index contributed by atoms with van der Waals surface area (Å²) >= 11 is 6.29. The highest BCUT2D eigenvalue weighted by atomic mass is 35.5. The second-order valence-corrected chi connectivity index (χ2v) is 5.64. The third-order valence-corrected chi connectivity index (χ3v) is 3.76. The van der Waals surface area contributed by atoms with Crippen LogP contribution in [0.4, 0.5) is 0 Å². The molecule has 0 amide bonds. The summed E-state index contributed by atoms with van der Waals surface area (Å²) in [6.07, 6.45) is 1.65. The maximum atomic E-state index is 10.8. The number of allylic oxidation sites excluding steroid dienone is 1. The van der Waals surface area contributed by atoms with Gasteiger partial charge >= 0.3 is 0 Å². The summed E-state index contributed by atoms with van der Waals surface area (Å²) in [5, 5.41) is 20.7. The van der Waals surface area contributed by atoms with Crippen LogP contribution in [-0.2, 0) is 0 Å². The van der Waals surface area contributed by atoms with Gasteiger partial charge in [0.25, 0.3) is 0 Å². The van der Waals surface area contributed by atoms with Crippen molar-refractivity contribution in [3.63, 3.8) is 0 Å². The largest absolute Gasteiger partial charge is 0.545 e. The fourth-order valence-corrected chi connectivity index (χ4v) is 2.62. The van der Waals surface area contributed by atoms with E-state index in [1.807, 2.05) is 13.8 Å². The highest BCUT2D eigenvalue weighted by Crippen LogP contribution is 2.37. The predicted octanol–water partition coefficient (Wildman–Crippen LogP) is 3.57. The SMILES string of the molecule is CCOc1cc(/C=C(\C#N)c2ccc(C(=O)[O-])cc2)cc(Cl)c1OCC. The molecule has 26 heavy (non-hydrogen) atoms. The van der Waals surface area contributed by atoms with Crippen molar-refractivity contribution in [2.24, 2.45) is 0 Å². The molecule has 0 radical (unpaired) electrons. The minimum absolute atomic E-state index is 0.0498. The number of carbonyl (C=O) groups excluding carboxylic acids is 1. The summed E-state index contributed by atoms with van der Waals surface area (Å²) < 4.78 is 11.1. The number of hydrogen-bond acceptors (Lipinski definition) is 5. The van der Waals surface area contributed by atoms with Gasteiger partial charge in [-0.15, -0.1) is 0 Å². The molecule has 0 aliphatic rings. The topological polar surface area (TPSA) is 82.4 Å². The first-order chi connectivity index (χ1) is 12.5. The zero-order chi connectivity index (χ0) is 19.1. The van der Waals surface area contributed by atoms with Crippen molar-refractivity contribution in [1.82, 2.24) is 0 Å². The summed E-state index contributed by atoms with van der Waals surface area (Å²) in [4.78, 5) is 10.8. The first-order valence-corrected chi connectivity index (χ1v) is 8.40. The molecule has 2 aromatic rings. The van der Waals surface area contributed by atoms with Crippen LogP contribution in [-0.4, -0.2) is 19.2 Å². The lowest BCUT2D eigenvalue weighted by Gasteiger charge is -2.13. The molecular formula is C20H17ClNO4-. The van der Waals surface area contributed by atoms with Crippen LogP contribution in [0.3, 0.4) is 0 Å². The minimum Gasteiger partial charge on any atom is -0.545 e. The molecule has 0 saturated heterocycles. The molecule has 5 nitrogen and oxygen atoms in total. The van der Waals surface area contributed by atoms with E-state index in [2.05, 4.69) is 6.07 Å². The van der Waals surface area contributed by atoms with Crippen LogP contribution in [0.5, 0.6) is 11.5 Å². The van der Waals surface area contributed by atoms with Crippen LogP contribution in [0.25, 0.3) is 11.6 Å². The number of hydrogen-bond donors (Lipinski definition) is 0. The first kappa shape index (κ1) is 19.4. The van der Waals surface area contributed by atoms with Crippen LogP contribution in [0, 0.1) is 11.3 Å². The van der Waals surface area contributed by atoms with Gasteiger partial charge in [0.15, 0.2) is 11.5 Å². The number of ether oxygens (including phenoxy) is 2. The van der Waals surface area contributed by atoms with Gasteiger partial charge in [-0.25, -0.2) is 0 Å². The third kappa shape index (κ3) is 4.56. The number of nitrogens with zero attached hydrogens (tertiary/aromatic N) is 1. The van der Waals surface area contributed by atoms with E-state index in [0.717, 1.165) is 0 Å². The number of halogens is 1. The Kier molecular flexibility index (Phi) is 6.65. The molecule has 6 heteroatoms. The van der Waals surface area contributed by atoms with Gasteiger partial charge in [-0.2, -0.15) is 5.26 Å². The van der Waals surface area contributed by atoms with Crippen molar-refractivity contribution >= 4 is 29.2 Å². The van der Waals surface area contributed by atoms with E-state index in [-0.39, 0.29) is 5.56 Å². The first-order valence-electron chi connectivity index (χ1n) is 8.02. The Labute approximate surface area is 157 Å². The number of benzene rings is 2. The molecule has 0 saturated carbocycles. The highest BCUT2D eigenvalue weighted by Gasteiger charge is 2.12. The van der Waals surface area contributed by atoms with Gasteiger partial charge in [-0.05, 0) is 48.7 Å². The molecule has 0 N–H and O–H groups in total. The Hall–Kier alpha value is -2.97. The number of nitriles is 1. The lowest BCUT2D eigenvalue weighted by Crippen LogP contribution is -2.21. The van der Waals surface area contributed by atoms with Gasteiger partial charge in [0.1, 0.15) is 0 Å². The number of rotatable bonds is 7. The Morgan fingerprint density at radius 3 is 2.31 bits per heavy atom. The molecule has 134 valence electrons. The molecule has 0 fully saturated rings. The van der Waals surface area contributed by atoms with Crippen LogP contribution in [0.2, 0.25) is 5.02 Å². The lowest BCUT2D eigenvalue weighted by atomic mass is 10.0. The number of carboxylic acids is 1. The molecule has 0 aliphatic carbocycles. The van der Waals surface area contributed by atoms with Crippen molar-refractivity contribution in [2.45, 2.75) is 13.8 Å². The minimum atomic E-state index is -1.27. The summed E-state index contributed by atoms with van der Waals surface area (Å²) in [6, 6.07) is 11.4. The Balaban J connectivity index is 2.45. The zero-order valence-corrected chi connectivity index (χ0v) is 15.2. The molecule has 2 rings (SSSR count).